The minimum Gasteiger partial charge on any atom is -0.459 e. The normalized spacial score (nSPS) is 16.1. The highest BCUT2D eigenvalue weighted by molar-refractivity contribution is 8.00. The number of halogens is 2. The molecule has 1 aliphatic heterocycles. The Kier molecular flexibility index (Phi) is 9.65. The lowest BCUT2D eigenvalue weighted by Gasteiger charge is -2.12. The van der Waals surface area contributed by atoms with E-state index in [0.717, 1.165) is 26.3 Å². The van der Waals surface area contributed by atoms with Crippen LogP contribution in [0.4, 0.5) is 8.78 Å². The molecule has 0 radical (unpaired) electrons. The molecule has 1 amide bonds. The number of carbonyl (C=O) groups excluding carboxylic acids is 2. The fraction of sp³-hybridized carbons (Fsp3) is 0.321. The third-order valence-corrected chi connectivity index (χ3v) is 6.32. The largest absolute Gasteiger partial charge is 0.459 e. The Morgan fingerprint density at radius 3 is 2.46 bits per heavy atom. The van der Waals surface area contributed by atoms with Gasteiger partial charge in [0, 0.05) is 30.1 Å². The molecule has 0 atom stereocenters. The summed E-state index contributed by atoms with van der Waals surface area (Å²) in [5.74, 6) is -3.93. The number of hydrogen-bond donors (Lipinski definition) is 1. The first-order chi connectivity index (χ1) is 18.3. The second-order valence-corrected chi connectivity index (χ2v) is 10.3. The average molecular weight is 560 g/mol. The van der Waals surface area contributed by atoms with Gasteiger partial charge >= 0.3 is 5.97 Å². The molecule has 2 aromatic rings. The number of alkyl halides is 2. The van der Waals surface area contributed by atoms with Crippen molar-refractivity contribution in [3.8, 4) is 11.3 Å². The number of hydrogen-bond acceptors (Lipinski definition) is 8. The number of benzene rings is 1. The molecule has 8 nitrogen and oxygen atoms in total. The zero-order valence-corrected chi connectivity index (χ0v) is 23.4. The number of carbonyl (C=O) groups is 2. The van der Waals surface area contributed by atoms with Crippen molar-refractivity contribution < 1.29 is 32.7 Å². The van der Waals surface area contributed by atoms with Gasteiger partial charge in [0.15, 0.2) is 0 Å². The van der Waals surface area contributed by atoms with Crippen LogP contribution in [0.3, 0.4) is 0 Å². The average Bonchev–Trinajstić information content (AvgIpc) is 3.46. The fourth-order valence-electron chi connectivity index (χ4n) is 3.56. The summed E-state index contributed by atoms with van der Waals surface area (Å²) in [6.07, 6.45) is 4.89. The maximum atomic E-state index is 14.5. The number of rotatable bonds is 10. The molecule has 39 heavy (non-hydrogen) atoms. The second kappa shape index (κ2) is 12.5. The smallest absolute Gasteiger partial charge is 0.338 e. The van der Waals surface area contributed by atoms with E-state index in [0.29, 0.717) is 35.9 Å². The van der Waals surface area contributed by atoms with Gasteiger partial charge < -0.3 is 14.4 Å². The van der Waals surface area contributed by atoms with Crippen LogP contribution in [-0.4, -0.2) is 51.3 Å². The van der Waals surface area contributed by atoms with Crippen molar-refractivity contribution >= 4 is 35.6 Å². The van der Waals surface area contributed by atoms with Crippen molar-refractivity contribution in [1.82, 2.24) is 9.48 Å². The minimum absolute atomic E-state index is 0.188. The monoisotopic (exact) mass is 559 g/mol. The number of allylic oxidation sites excluding steroid dienone is 4. The predicted octanol–water partition coefficient (Wildman–Crippen LogP) is 6.92. The standard InChI is InChI=1S/C28H31F2N3O5S/c1-7-22(39-32(6)36)14-8-18(4)33-26(34)23(25(31-33)28(5,29)30)16-21-13-15-24(38-21)19-9-11-20(12-10-19)27(35)37-17(2)3/h8-17,36H,7H2,1-6H3/b18-8+,22-14+,23-16-. The molecule has 1 aromatic carbocycles. The Hall–Kier alpha value is -3.54. The summed E-state index contributed by atoms with van der Waals surface area (Å²) in [5.41, 5.74) is 0.407. The van der Waals surface area contributed by atoms with Gasteiger partial charge in [-0.3, -0.25) is 4.79 Å². The lowest BCUT2D eigenvalue weighted by molar-refractivity contribution is -0.123. The first kappa shape index (κ1) is 30.0. The maximum absolute atomic E-state index is 14.5. The topological polar surface area (TPSA) is 95.6 Å². The highest BCUT2D eigenvalue weighted by Gasteiger charge is 2.43. The van der Waals surface area contributed by atoms with Crippen LogP contribution >= 0.6 is 11.9 Å². The van der Waals surface area contributed by atoms with Gasteiger partial charge in [-0.1, -0.05) is 19.1 Å². The molecular formula is C28H31F2N3O5S. The van der Waals surface area contributed by atoms with Crippen LogP contribution < -0.4 is 0 Å². The molecule has 0 spiro atoms. The van der Waals surface area contributed by atoms with Crippen molar-refractivity contribution in [2.24, 2.45) is 5.10 Å². The van der Waals surface area contributed by atoms with Crippen molar-refractivity contribution in [3.05, 3.63) is 76.0 Å². The third-order valence-electron chi connectivity index (χ3n) is 5.40. The van der Waals surface area contributed by atoms with E-state index < -0.39 is 23.5 Å². The van der Waals surface area contributed by atoms with Crippen LogP contribution in [0, 0.1) is 0 Å². The molecule has 1 aliphatic rings. The molecule has 0 fully saturated rings. The zero-order valence-electron chi connectivity index (χ0n) is 22.6. The second-order valence-electron chi connectivity index (χ2n) is 9.10. The highest BCUT2D eigenvalue weighted by Crippen LogP contribution is 2.32. The quantitative estimate of drug-likeness (QED) is 0.111. The highest BCUT2D eigenvalue weighted by atomic mass is 32.2. The van der Waals surface area contributed by atoms with E-state index >= 15 is 0 Å². The fourth-order valence-corrected chi connectivity index (χ4v) is 4.15. The molecule has 3 rings (SSSR count). The van der Waals surface area contributed by atoms with Crippen molar-refractivity contribution in [2.45, 2.75) is 53.1 Å². The van der Waals surface area contributed by atoms with Gasteiger partial charge in [0.25, 0.3) is 11.8 Å². The number of amides is 1. The molecule has 0 aliphatic carbocycles. The molecular weight excluding hydrogens is 528 g/mol. The van der Waals surface area contributed by atoms with E-state index in [4.69, 9.17) is 9.15 Å². The number of nitrogens with zero attached hydrogens (tertiary/aromatic N) is 3. The summed E-state index contributed by atoms with van der Waals surface area (Å²) in [7, 11) is 1.48. The summed E-state index contributed by atoms with van der Waals surface area (Å²) in [6, 6.07) is 9.77. The van der Waals surface area contributed by atoms with E-state index in [2.05, 4.69) is 5.10 Å². The van der Waals surface area contributed by atoms with E-state index in [1.54, 1.807) is 69.3 Å². The van der Waals surface area contributed by atoms with Gasteiger partial charge in [0.1, 0.15) is 17.2 Å². The molecule has 208 valence electrons. The van der Waals surface area contributed by atoms with Crippen LogP contribution in [0.15, 0.2) is 74.2 Å². The van der Waals surface area contributed by atoms with E-state index in [9.17, 15) is 23.6 Å². The molecule has 1 aromatic heterocycles. The summed E-state index contributed by atoms with van der Waals surface area (Å²) < 4.78 is 40.9. The summed E-state index contributed by atoms with van der Waals surface area (Å²) in [6.45, 7) is 7.68. The number of ether oxygens (including phenoxy) is 1. The first-order valence-corrected chi connectivity index (χ1v) is 13.0. The van der Waals surface area contributed by atoms with Crippen LogP contribution in [-0.2, 0) is 9.53 Å². The lowest BCUT2D eigenvalue weighted by Crippen LogP contribution is -2.26. The number of esters is 1. The minimum atomic E-state index is -3.38. The summed E-state index contributed by atoms with van der Waals surface area (Å²) in [5, 5.41) is 14.3. The Morgan fingerprint density at radius 2 is 1.90 bits per heavy atom. The van der Waals surface area contributed by atoms with Crippen LogP contribution in [0.25, 0.3) is 17.4 Å². The van der Waals surface area contributed by atoms with Crippen LogP contribution in [0.5, 0.6) is 0 Å². The van der Waals surface area contributed by atoms with Gasteiger partial charge in [-0.25, -0.2) is 9.80 Å². The number of furan rings is 1. The van der Waals surface area contributed by atoms with Gasteiger partial charge in [0.05, 0.1) is 17.2 Å². The molecule has 1 N–H and O–H groups in total. The molecule has 2 heterocycles. The Bertz CT molecular complexity index is 1340. The van der Waals surface area contributed by atoms with Crippen molar-refractivity contribution in [1.29, 1.82) is 0 Å². The van der Waals surface area contributed by atoms with Gasteiger partial charge in [-0.2, -0.15) is 13.9 Å². The maximum Gasteiger partial charge on any atom is 0.338 e. The first-order valence-electron chi connectivity index (χ1n) is 12.2. The van der Waals surface area contributed by atoms with E-state index in [1.165, 1.54) is 13.1 Å². The van der Waals surface area contributed by atoms with Gasteiger partial charge in [-0.05, 0) is 81.6 Å². The van der Waals surface area contributed by atoms with Crippen LogP contribution in [0.2, 0.25) is 0 Å². The Morgan fingerprint density at radius 1 is 1.23 bits per heavy atom. The molecule has 0 saturated heterocycles. The SMILES string of the molecule is CC/C(=C\C=C(/C)N1N=C(C(C)(F)F)/C(=C/c2ccc(-c3ccc(C(=O)OC(C)C)cc3)o2)C1=O)SN(C)O. The van der Waals surface area contributed by atoms with E-state index in [-0.39, 0.29) is 17.4 Å². The zero-order chi connectivity index (χ0) is 28.9. The Balaban J connectivity index is 1.88. The summed E-state index contributed by atoms with van der Waals surface area (Å²) in [4.78, 5) is 26.0. The predicted molar refractivity (Wildman–Crippen MR) is 147 cm³/mol. The van der Waals surface area contributed by atoms with Gasteiger partial charge in [0.2, 0.25) is 0 Å². The lowest BCUT2D eigenvalue weighted by atomic mass is 10.0. The van der Waals surface area contributed by atoms with Crippen molar-refractivity contribution in [3.63, 3.8) is 0 Å². The number of hydrazone groups is 1. The van der Waals surface area contributed by atoms with Crippen molar-refractivity contribution in [2.75, 3.05) is 7.05 Å². The summed E-state index contributed by atoms with van der Waals surface area (Å²) >= 11 is 1.10. The molecule has 11 heteroatoms. The van der Waals surface area contributed by atoms with E-state index in [1.807, 2.05) is 6.92 Å². The molecule has 0 unspecified atom stereocenters. The van der Waals surface area contributed by atoms with Crippen LogP contribution in [0.1, 0.15) is 57.2 Å². The third kappa shape index (κ3) is 7.75. The Labute approximate surface area is 230 Å². The number of hydroxylamine groups is 1. The molecule has 0 bridgehead atoms. The molecule has 0 saturated carbocycles. The van der Waals surface area contributed by atoms with Gasteiger partial charge in [-0.15, -0.1) is 4.47 Å².